The first-order valence-electron chi connectivity index (χ1n) is 5.89. The Bertz CT molecular complexity index is 395. The molecule has 3 nitrogen and oxygen atoms in total. The monoisotopic (exact) mass is 219 g/mol. The van der Waals surface area contributed by atoms with Crippen LogP contribution >= 0.6 is 0 Å². The average Bonchev–Trinajstić information content (AvgIpc) is 2.33. The van der Waals surface area contributed by atoms with Crippen LogP contribution in [0.2, 0.25) is 0 Å². The van der Waals surface area contributed by atoms with E-state index >= 15 is 0 Å². The summed E-state index contributed by atoms with van der Waals surface area (Å²) in [6.45, 7) is 1.93. The largest absolute Gasteiger partial charge is 0.505 e. The molecule has 1 aliphatic rings. The molecule has 86 valence electrons. The van der Waals surface area contributed by atoms with Crippen LogP contribution in [-0.4, -0.2) is 5.11 Å². The van der Waals surface area contributed by atoms with Crippen LogP contribution in [0.1, 0.15) is 49.1 Å². The molecule has 0 atom stereocenters. The molecule has 0 heterocycles. The van der Waals surface area contributed by atoms with Gasteiger partial charge in [0.2, 0.25) is 0 Å². The number of phenolic OH excluding ortho intramolecular Hbond substituents is 1. The molecule has 1 fully saturated rings. The number of hydrogen-bond donors (Lipinski definition) is 1. The van der Waals surface area contributed by atoms with E-state index in [1.807, 2.05) is 13.0 Å². The molecule has 16 heavy (non-hydrogen) atoms. The maximum absolute atomic E-state index is 10.6. The standard InChI is InChI=1S/C13H17NO2/c1-9-7-11(10-5-3-2-4-6-10)13(15)12(8-9)14-16/h7-8,10,15H,2-6H2,1H3. The van der Waals surface area contributed by atoms with Crippen molar-refractivity contribution in [1.82, 2.24) is 0 Å². The highest BCUT2D eigenvalue weighted by Gasteiger charge is 2.20. The fourth-order valence-corrected chi connectivity index (χ4v) is 2.58. The smallest absolute Gasteiger partial charge is 0.150 e. The average molecular weight is 219 g/mol. The molecule has 0 spiro atoms. The molecule has 0 amide bonds. The molecule has 0 bridgehead atoms. The minimum Gasteiger partial charge on any atom is -0.505 e. The highest BCUT2D eigenvalue weighted by molar-refractivity contribution is 5.58. The van der Waals surface area contributed by atoms with Gasteiger partial charge in [-0.1, -0.05) is 25.3 Å². The van der Waals surface area contributed by atoms with E-state index in [-0.39, 0.29) is 11.4 Å². The molecule has 1 N–H and O–H groups in total. The van der Waals surface area contributed by atoms with Gasteiger partial charge in [0.05, 0.1) is 0 Å². The first kappa shape index (κ1) is 11.1. The highest BCUT2D eigenvalue weighted by Crippen LogP contribution is 2.41. The van der Waals surface area contributed by atoms with Gasteiger partial charge < -0.3 is 5.11 Å². The Labute approximate surface area is 95.5 Å². The zero-order valence-corrected chi connectivity index (χ0v) is 9.57. The van der Waals surface area contributed by atoms with Gasteiger partial charge in [-0.05, 0) is 48.1 Å². The lowest BCUT2D eigenvalue weighted by Crippen LogP contribution is -2.05. The van der Waals surface area contributed by atoms with Crippen molar-refractivity contribution in [1.29, 1.82) is 0 Å². The predicted molar refractivity (Wildman–Crippen MR) is 64.1 cm³/mol. The van der Waals surface area contributed by atoms with Crippen LogP contribution in [0.4, 0.5) is 5.69 Å². The van der Waals surface area contributed by atoms with E-state index in [9.17, 15) is 10.0 Å². The topological polar surface area (TPSA) is 49.7 Å². The maximum Gasteiger partial charge on any atom is 0.150 e. The van der Waals surface area contributed by atoms with Crippen LogP contribution in [0.3, 0.4) is 0 Å². The molecule has 0 aliphatic heterocycles. The predicted octanol–water partition coefficient (Wildman–Crippen LogP) is 4.15. The third-order valence-corrected chi connectivity index (χ3v) is 3.41. The van der Waals surface area contributed by atoms with Gasteiger partial charge in [-0.2, -0.15) is 0 Å². The SMILES string of the molecule is Cc1cc(N=O)c(O)c(C2CCCCC2)c1. The normalized spacial score (nSPS) is 17.3. The van der Waals surface area contributed by atoms with E-state index in [1.165, 1.54) is 19.3 Å². The van der Waals surface area contributed by atoms with Gasteiger partial charge in [0.25, 0.3) is 0 Å². The van der Waals surface area contributed by atoms with Gasteiger partial charge in [0.1, 0.15) is 11.4 Å². The highest BCUT2D eigenvalue weighted by atomic mass is 16.3. The molecule has 1 aromatic rings. The number of nitroso groups, excluding NO2 is 1. The lowest BCUT2D eigenvalue weighted by molar-refractivity contribution is 0.415. The van der Waals surface area contributed by atoms with Crippen molar-refractivity contribution >= 4 is 5.69 Å². The van der Waals surface area contributed by atoms with Crippen molar-refractivity contribution in [2.24, 2.45) is 5.18 Å². The quantitative estimate of drug-likeness (QED) is 0.760. The van der Waals surface area contributed by atoms with Crippen LogP contribution in [-0.2, 0) is 0 Å². The van der Waals surface area contributed by atoms with Crippen LogP contribution in [0.5, 0.6) is 5.75 Å². The van der Waals surface area contributed by atoms with E-state index in [0.717, 1.165) is 24.0 Å². The molecule has 1 saturated carbocycles. The van der Waals surface area contributed by atoms with Crippen molar-refractivity contribution < 1.29 is 5.11 Å². The van der Waals surface area contributed by atoms with E-state index < -0.39 is 0 Å². The van der Waals surface area contributed by atoms with E-state index in [0.29, 0.717) is 5.92 Å². The first-order chi connectivity index (χ1) is 7.72. The van der Waals surface area contributed by atoms with Crippen molar-refractivity contribution in [2.75, 3.05) is 0 Å². The van der Waals surface area contributed by atoms with E-state index in [2.05, 4.69) is 5.18 Å². The summed E-state index contributed by atoms with van der Waals surface area (Å²) in [4.78, 5) is 10.6. The summed E-state index contributed by atoms with van der Waals surface area (Å²) in [5.41, 5.74) is 2.09. The summed E-state index contributed by atoms with van der Waals surface area (Å²) >= 11 is 0. The maximum atomic E-state index is 10.6. The Kier molecular flexibility index (Phi) is 3.22. The number of rotatable bonds is 2. The molecule has 2 rings (SSSR count). The molecule has 0 saturated heterocycles. The van der Waals surface area contributed by atoms with Crippen molar-refractivity contribution in [3.8, 4) is 5.75 Å². The lowest BCUT2D eigenvalue weighted by Gasteiger charge is -2.23. The summed E-state index contributed by atoms with van der Waals surface area (Å²) in [5, 5.41) is 12.9. The van der Waals surface area contributed by atoms with Crippen LogP contribution in [0, 0.1) is 11.8 Å². The molecule has 3 heteroatoms. The second kappa shape index (κ2) is 4.64. The van der Waals surface area contributed by atoms with Gasteiger partial charge in [0, 0.05) is 0 Å². The van der Waals surface area contributed by atoms with Gasteiger partial charge in [-0.15, -0.1) is 4.91 Å². The van der Waals surface area contributed by atoms with Crippen LogP contribution < -0.4 is 0 Å². The summed E-state index contributed by atoms with van der Waals surface area (Å²) in [6, 6.07) is 3.62. The van der Waals surface area contributed by atoms with Crippen LogP contribution in [0.25, 0.3) is 0 Å². The second-order valence-electron chi connectivity index (χ2n) is 4.65. The number of aryl methyl sites for hydroxylation is 1. The molecule has 1 aliphatic carbocycles. The fourth-order valence-electron chi connectivity index (χ4n) is 2.58. The Morgan fingerprint density at radius 1 is 1.25 bits per heavy atom. The number of phenols is 1. The van der Waals surface area contributed by atoms with Crippen LogP contribution in [0.15, 0.2) is 17.3 Å². The third kappa shape index (κ3) is 2.08. The summed E-state index contributed by atoms with van der Waals surface area (Å²) in [5.74, 6) is 0.488. The van der Waals surface area contributed by atoms with E-state index in [1.54, 1.807) is 6.07 Å². The fraction of sp³-hybridized carbons (Fsp3) is 0.538. The van der Waals surface area contributed by atoms with E-state index in [4.69, 9.17) is 0 Å². The lowest BCUT2D eigenvalue weighted by atomic mass is 9.83. The minimum atomic E-state index is 0.0903. The van der Waals surface area contributed by atoms with Crippen molar-refractivity contribution in [2.45, 2.75) is 44.9 Å². The van der Waals surface area contributed by atoms with Crippen molar-refractivity contribution in [3.63, 3.8) is 0 Å². The first-order valence-corrected chi connectivity index (χ1v) is 5.89. The van der Waals surface area contributed by atoms with Gasteiger partial charge in [0.15, 0.2) is 0 Å². The molecular formula is C13H17NO2. The molecule has 0 unspecified atom stereocenters. The summed E-state index contributed by atoms with van der Waals surface area (Å²) in [7, 11) is 0. The number of aromatic hydroxyl groups is 1. The Morgan fingerprint density at radius 3 is 2.56 bits per heavy atom. The third-order valence-electron chi connectivity index (χ3n) is 3.41. The second-order valence-corrected chi connectivity index (χ2v) is 4.65. The number of nitrogens with zero attached hydrogens (tertiary/aromatic N) is 1. The van der Waals surface area contributed by atoms with Gasteiger partial charge in [-0.25, -0.2) is 0 Å². The summed E-state index contributed by atoms with van der Waals surface area (Å²) in [6.07, 6.45) is 5.91. The molecule has 1 aromatic carbocycles. The van der Waals surface area contributed by atoms with Gasteiger partial charge >= 0.3 is 0 Å². The summed E-state index contributed by atoms with van der Waals surface area (Å²) < 4.78 is 0. The molecule has 0 radical (unpaired) electrons. The Hall–Kier alpha value is -1.38. The Morgan fingerprint density at radius 2 is 1.94 bits per heavy atom. The van der Waals surface area contributed by atoms with Gasteiger partial charge in [-0.3, -0.25) is 0 Å². The Balaban J connectivity index is 2.38. The number of hydrogen-bond acceptors (Lipinski definition) is 3. The number of benzene rings is 1. The van der Waals surface area contributed by atoms with Crippen molar-refractivity contribution in [3.05, 3.63) is 28.2 Å². The minimum absolute atomic E-state index is 0.0903. The zero-order valence-electron chi connectivity index (χ0n) is 9.57. The zero-order chi connectivity index (χ0) is 11.5. The molecule has 0 aromatic heterocycles. The molecular weight excluding hydrogens is 202 g/mol.